The zero-order chi connectivity index (χ0) is 26.7. The minimum Gasteiger partial charge on any atom is -0.368 e. The maximum Gasteiger partial charge on any atom is 0.224 e. The molecule has 2 unspecified atom stereocenters. The van der Waals surface area contributed by atoms with Crippen LogP contribution in [0.2, 0.25) is 0 Å². The molecule has 38 heavy (non-hydrogen) atoms. The third-order valence-corrected chi connectivity index (χ3v) is 7.85. The molecule has 1 aliphatic rings. The molecule has 0 fully saturated rings. The lowest BCUT2D eigenvalue weighted by Gasteiger charge is -2.23. The lowest BCUT2D eigenvalue weighted by molar-refractivity contribution is 0.0364. The van der Waals surface area contributed by atoms with E-state index < -0.39 is 0 Å². The average Bonchev–Trinajstić information content (AvgIpc) is 3.48. The van der Waals surface area contributed by atoms with E-state index in [-0.39, 0.29) is 24.5 Å². The van der Waals surface area contributed by atoms with E-state index in [4.69, 9.17) is 4.74 Å². The molecular weight excluding hydrogens is 501 g/mol. The summed E-state index contributed by atoms with van der Waals surface area (Å²) in [6.45, 7) is 4.73. The number of nitrogens with one attached hydrogen (secondary N) is 2. The quantitative estimate of drug-likeness (QED) is 0.283. The van der Waals surface area contributed by atoms with Gasteiger partial charge in [-0.2, -0.15) is 4.98 Å². The summed E-state index contributed by atoms with van der Waals surface area (Å²) in [6, 6.07) is 12.7. The normalized spacial score (nSPS) is 16.9. The zero-order valence-corrected chi connectivity index (χ0v) is 23.1. The number of hydrogen-bond acceptors (Lipinski definition) is 8. The van der Waals surface area contributed by atoms with Gasteiger partial charge >= 0.3 is 0 Å². The summed E-state index contributed by atoms with van der Waals surface area (Å²) in [4.78, 5) is 25.3. The number of nitrogens with zero attached hydrogens (tertiary/aromatic N) is 3. The van der Waals surface area contributed by atoms with Gasteiger partial charge in [-0.1, -0.05) is 30.3 Å². The fourth-order valence-electron chi connectivity index (χ4n) is 4.82. The van der Waals surface area contributed by atoms with Gasteiger partial charge in [-0.05, 0) is 61.2 Å². The van der Waals surface area contributed by atoms with Crippen LogP contribution in [0.3, 0.4) is 0 Å². The Morgan fingerprint density at radius 3 is 2.92 bits per heavy atom. The molecule has 9 heteroatoms. The highest BCUT2D eigenvalue weighted by atomic mass is 32.1. The summed E-state index contributed by atoms with van der Waals surface area (Å²) in [6.07, 6.45) is 4.58. The average molecular weight is 540 g/mol. The second-order valence-corrected chi connectivity index (χ2v) is 10.6. The summed E-state index contributed by atoms with van der Waals surface area (Å²) in [5.41, 5.74) is 2.94. The molecule has 2 N–H and O–H groups in total. The van der Waals surface area contributed by atoms with Crippen LogP contribution in [-0.4, -0.2) is 55.7 Å². The van der Waals surface area contributed by atoms with Crippen LogP contribution in [0.4, 0.5) is 16.2 Å². The molecule has 0 saturated heterocycles. The highest BCUT2D eigenvalue weighted by molar-refractivity contribution is 7.10. The first kappa shape index (κ1) is 28.1. The van der Waals surface area contributed by atoms with Crippen molar-refractivity contribution in [1.82, 2.24) is 15.3 Å². The van der Waals surface area contributed by atoms with Crippen LogP contribution in [0.15, 0.2) is 48.0 Å². The molecular formula is C29H38FN5O2S. The van der Waals surface area contributed by atoms with E-state index in [1.54, 1.807) is 17.5 Å². The molecule has 204 valence electrons. The van der Waals surface area contributed by atoms with E-state index >= 15 is 0 Å². The summed E-state index contributed by atoms with van der Waals surface area (Å²) >= 11 is 1.68. The summed E-state index contributed by atoms with van der Waals surface area (Å²) in [5, 5.41) is 8.32. The Hall–Kier alpha value is -2.88. The molecule has 1 aliphatic heterocycles. The summed E-state index contributed by atoms with van der Waals surface area (Å²) in [5.74, 6) is 1.59. The van der Waals surface area contributed by atoms with Gasteiger partial charge in [0.15, 0.2) is 5.78 Å². The van der Waals surface area contributed by atoms with E-state index in [0.717, 1.165) is 37.9 Å². The molecule has 2 atom stereocenters. The molecule has 0 bridgehead atoms. The van der Waals surface area contributed by atoms with Crippen LogP contribution in [0.25, 0.3) is 0 Å². The van der Waals surface area contributed by atoms with Gasteiger partial charge in [0.2, 0.25) is 5.95 Å². The van der Waals surface area contributed by atoms with Crippen LogP contribution in [0.5, 0.6) is 0 Å². The number of carbonyl (C=O) groups excluding carboxylic acids is 1. The maximum atomic E-state index is 13.1. The second-order valence-electron chi connectivity index (χ2n) is 9.62. The van der Waals surface area contributed by atoms with Crippen molar-refractivity contribution in [2.45, 2.75) is 51.2 Å². The van der Waals surface area contributed by atoms with Gasteiger partial charge in [0.05, 0.1) is 18.3 Å². The van der Waals surface area contributed by atoms with E-state index in [1.165, 1.54) is 10.4 Å². The Morgan fingerprint density at radius 2 is 2.13 bits per heavy atom. The van der Waals surface area contributed by atoms with Gasteiger partial charge < -0.3 is 20.3 Å². The second kappa shape index (κ2) is 14.3. The van der Waals surface area contributed by atoms with E-state index in [0.29, 0.717) is 43.4 Å². The lowest BCUT2D eigenvalue weighted by atomic mass is 9.89. The number of thiophene rings is 1. The van der Waals surface area contributed by atoms with E-state index in [1.807, 2.05) is 20.0 Å². The summed E-state index contributed by atoms with van der Waals surface area (Å²) < 4.78 is 18.8. The number of alkyl halides is 1. The zero-order valence-electron chi connectivity index (χ0n) is 22.3. The smallest absolute Gasteiger partial charge is 0.224 e. The summed E-state index contributed by atoms with van der Waals surface area (Å²) in [7, 11) is 1.99. The minimum atomic E-state index is -0.365. The van der Waals surface area contributed by atoms with Crippen molar-refractivity contribution >= 4 is 28.9 Å². The number of rotatable bonds is 12. The van der Waals surface area contributed by atoms with Crippen molar-refractivity contribution in [3.8, 4) is 0 Å². The maximum absolute atomic E-state index is 13.1. The Bertz CT molecular complexity index is 1160. The minimum absolute atomic E-state index is 0.0337. The Labute approximate surface area is 228 Å². The largest absolute Gasteiger partial charge is 0.368 e. The first-order chi connectivity index (χ1) is 18.6. The highest BCUT2D eigenvalue weighted by Crippen LogP contribution is 2.32. The van der Waals surface area contributed by atoms with Gasteiger partial charge in [0.25, 0.3) is 0 Å². The topological polar surface area (TPSA) is 79.4 Å². The van der Waals surface area contributed by atoms with Crippen molar-refractivity contribution in [1.29, 1.82) is 0 Å². The molecule has 3 aromatic rings. The van der Waals surface area contributed by atoms with Gasteiger partial charge in [-0.25, -0.2) is 9.37 Å². The van der Waals surface area contributed by atoms with Gasteiger partial charge in [-0.3, -0.25) is 4.79 Å². The third-order valence-electron chi connectivity index (χ3n) is 6.89. The number of anilines is 2. The van der Waals surface area contributed by atoms with Crippen molar-refractivity contribution in [2.75, 3.05) is 50.1 Å². The number of carbonyl (C=O) groups is 1. The number of ether oxygens (including phenoxy) is 1. The molecule has 1 aromatic carbocycles. The molecule has 0 aliphatic carbocycles. The van der Waals surface area contributed by atoms with Crippen LogP contribution in [0, 0.1) is 0 Å². The molecule has 0 spiro atoms. The highest BCUT2D eigenvalue weighted by Gasteiger charge is 2.24. The number of aromatic nitrogens is 2. The third kappa shape index (κ3) is 7.58. The molecule has 3 heterocycles. The predicted octanol–water partition coefficient (Wildman–Crippen LogP) is 5.76. The Balaban J connectivity index is 1.43. The van der Waals surface area contributed by atoms with Gasteiger partial charge in [0.1, 0.15) is 12.5 Å². The van der Waals surface area contributed by atoms with Gasteiger partial charge in [0, 0.05) is 44.2 Å². The SMILES string of the molecule is CCNc1ncc2c(n1)N(C)CCC(c1cccc(COC(CCNCCF)c3cccs3)c1)CCC2=O. The van der Waals surface area contributed by atoms with Crippen molar-refractivity contribution in [3.63, 3.8) is 0 Å². The first-order valence-corrected chi connectivity index (χ1v) is 14.3. The monoisotopic (exact) mass is 539 g/mol. The van der Waals surface area contributed by atoms with E-state index in [9.17, 15) is 9.18 Å². The molecule has 2 aromatic heterocycles. The molecule has 4 rings (SSSR count). The van der Waals surface area contributed by atoms with E-state index in [2.05, 4.69) is 61.2 Å². The first-order valence-electron chi connectivity index (χ1n) is 13.4. The van der Waals surface area contributed by atoms with Crippen molar-refractivity contribution < 1.29 is 13.9 Å². The lowest BCUT2D eigenvalue weighted by Crippen LogP contribution is -2.23. The van der Waals surface area contributed by atoms with Gasteiger partial charge in [-0.15, -0.1) is 11.3 Å². The van der Waals surface area contributed by atoms with Crippen LogP contribution in [0.1, 0.15) is 71.0 Å². The van der Waals surface area contributed by atoms with Crippen molar-refractivity contribution in [2.24, 2.45) is 0 Å². The number of halogens is 1. The Kier molecular flexibility index (Phi) is 10.6. The van der Waals surface area contributed by atoms with Crippen LogP contribution < -0.4 is 15.5 Å². The van der Waals surface area contributed by atoms with Crippen molar-refractivity contribution in [3.05, 3.63) is 69.5 Å². The number of Topliss-reactive ketones (excluding diaryl/α,β-unsaturated/α-hetero) is 1. The molecule has 0 saturated carbocycles. The number of fused-ring (bicyclic) bond motifs is 1. The molecule has 0 amide bonds. The number of ketones is 1. The number of benzene rings is 1. The molecule has 7 nitrogen and oxygen atoms in total. The fourth-order valence-corrected chi connectivity index (χ4v) is 5.63. The predicted molar refractivity (Wildman–Crippen MR) is 152 cm³/mol. The fraction of sp³-hybridized carbons (Fsp3) is 0.483. The number of hydrogen-bond donors (Lipinski definition) is 2. The van der Waals surface area contributed by atoms with Crippen LogP contribution in [-0.2, 0) is 11.3 Å². The molecule has 0 radical (unpaired) electrons. The standard InChI is InChI=1S/C29H38FN5O2S/c1-3-32-29-33-19-24-25(36)10-9-22(12-16-35(2)28(24)34-29)23-7-4-6-21(18-23)20-37-26(11-14-31-15-13-30)27-8-5-17-38-27/h4-8,17-19,22,26,31H,3,9-16,20H2,1-2H3,(H,32,33,34). The van der Waals surface area contributed by atoms with Crippen LogP contribution >= 0.6 is 11.3 Å². The Morgan fingerprint density at radius 1 is 1.24 bits per heavy atom.